The van der Waals surface area contributed by atoms with Gasteiger partial charge in [-0.15, -0.1) is 0 Å². The average Bonchev–Trinajstić information content (AvgIpc) is 2.48. The van der Waals surface area contributed by atoms with Gasteiger partial charge in [-0.3, -0.25) is 19.2 Å². The summed E-state index contributed by atoms with van der Waals surface area (Å²) in [6.45, 7) is 4.37. The minimum atomic E-state index is -1.20. The molecule has 10 heteroatoms. The van der Waals surface area contributed by atoms with Crippen molar-refractivity contribution in [2.75, 3.05) is 13.7 Å². The maximum Gasteiger partial charge on any atom is 0.303 e. The van der Waals surface area contributed by atoms with E-state index >= 15 is 0 Å². The van der Waals surface area contributed by atoms with E-state index in [1.807, 2.05) is 0 Å². The zero-order valence-corrected chi connectivity index (χ0v) is 14.7. The molecule has 5 atom stereocenters. The summed E-state index contributed by atoms with van der Waals surface area (Å²) < 4.78 is 31.1. The molecule has 142 valence electrons. The van der Waals surface area contributed by atoms with E-state index in [0.717, 1.165) is 20.8 Å². The first-order chi connectivity index (χ1) is 11.6. The van der Waals surface area contributed by atoms with E-state index < -0.39 is 54.6 Å². The summed E-state index contributed by atoms with van der Waals surface area (Å²) in [5, 5.41) is 0. The van der Waals surface area contributed by atoms with E-state index in [2.05, 4.69) is 0 Å². The molecule has 1 heterocycles. The summed E-state index contributed by atoms with van der Waals surface area (Å²) in [5.74, 6) is -2.63. The number of carbonyl (C=O) groups is 4. The lowest BCUT2D eigenvalue weighted by molar-refractivity contribution is -0.302. The van der Waals surface area contributed by atoms with Crippen molar-refractivity contribution in [3.8, 4) is 0 Å². The average molecular weight is 362 g/mol. The molecule has 0 saturated carbocycles. The van der Waals surface area contributed by atoms with Crippen LogP contribution in [0.5, 0.6) is 0 Å². The molecule has 0 radical (unpaired) electrons. The highest BCUT2D eigenvalue weighted by Crippen LogP contribution is 2.29. The van der Waals surface area contributed by atoms with Gasteiger partial charge in [-0.2, -0.15) is 0 Å². The lowest BCUT2D eigenvalue weighted by Gasteiger charge is -2.43. The van der Waals surface area contributed by atoms with E-state index in [0.29, 0.717) is 0 Å². The van der Waals surface area contributed by atoms with Crippen LogP contribution in [0, 0.1) is 0 Å². The fourth-order valence-electron chi connectivity index (χ4n) is 2.38. The van der Waals surface area contributed by atoms with Gasteiger partial charge in [0.05, 0.1) is 0 Å². The Morgan fingerprint density at radius 3 is 1.68 bits per heavy atom. The van der Waals surface area contributed by atoms with Gasteiger partial charge in [-0.25, -0.2) is 0 Å². The lowest BCUT2D eigenvalue weighted by Crippen LogP contribution is -2.62. The van der Waals surface area contributed by atoms with Gasteiger partial charge in [0.15, 0.2) is 24.6 Å². The smallest absolute Gasteiger partial charge is 0.303 e. The molecule has 0 aliphatic carbocycles. The molecular weight excluding hydrogens is 340 g/mol. The van der Waals surface area contributed by atoms with Crippen LogP contribution in [0.2, 0.25) is 0 Å². The standard InChI is InChI=1S/C15H22O10/c1-7(16)21-6-11-12(22-8(2)17)13(23-9(3)18)14(24-10(4)19)15(20-5)25-11/h11-15H,6H2,1-5H3/t11-,12+,13+,14-,15-/m1/s1. The molecule has 0 aromatic carbocycles. The van der Waals surface area contributed by atoms with Crippen LogP contribution in [0.1, 0.15) is 27.7 Å². The predicted molar refractivity (Wildman–Crippen MR) is 79.0 cm³/mol. The Morgan fingerprint density at radius 2 is 1.24 bits per heavy atom. The van der Waals surface area contributed by atoms with Crippen molar-refractivity contribution in [3.05, 3.63) is 0 Å². The van der Waals surface area contributed by atoms with Crippen molar-refractivity contribution in [1.29, 1.82) is 0 Å². The van der Waals surface area contributed by atoms with Crippen molar-refractivity contribution in [3.63, 3.8) is 0 Å². The largest absolute Gasteiger partial charge is 0.463 e. The molecule has 1 aliphatic rings. The highest BCUT2D eigenvalue weighted by atomic mass is 16.7. The Bertz CT molecular complexity index is 516. The maximum absolute atomic E-state index is 11.5. The van der Waals surface area contributed by atoms with Crippen LogP contribution in [-0.2, 0) is 47.6 Å². The second-order valence-corrected chi connectivity index (χ2v) is 5.30. The third kappa shape index (κ3) is 6.31. The SMILES string of the molecule is CO[C@@H]1O[C@H](COC(C)=O)[C@H](OC(C)=O)[C@H](OC(C)=O)[C@H]1OC(C)=O. The van der Waals surface area contributed by atoms with Gasteiger partial charge in [0.1, 0.15) is 12.7 Å². The summed E-state index contributed by atoms with van der Waals surface area (Å²) >= 11 is 0. The number of ether oxygens (including phenoxy) is 6. The normalized spacial score (nSPS) is 28.6. The van der Waals surface area contributed by atoms with Crippen molar-refractivity contribution in [2.45, 2.75) is 58.4 Å². The highest BCUT2D eigenvalue weighted by molar-refractivity contribution is 5.68. The van der Waals surface area contributed by atoms with Gasteiger partial charge < -0.3 is 28.4 Å². The van der Waals surface area contributed by atoms with E-state index in [1.54, 1.807) is 0 Å². The molecule has 0 spiro atoms. The Hall–Kier alpha value is -2.20. The molecule has 1 saturated heterocycles. The molecule has 0 aromatic rings. The van der Waals surface area contributed by atoms with E-state index in [4.69, 9.17) is 28.4 Å². The van der Waals surface area contributed by atoms with Crippen LogP contribution in [-0.4, -0.2) is 68.3 Å². The first-order valence-electron chi connectivity index (χ1n) is 7.49. The van der Waals surface area contributed by atoms with Crippen LogP contribution < -0.4 is 0 Å². The minimum absolute atomic E-state index is 0.280. The number of methoxy groups -OCH3 is 1. The summed E-state index contributed by atoms with van der Waals surface area (Å²) in [6.07, 6.45) is -5.67. The van der Waals surface area contributed by atoms with E-state index in [9.17, 15) is 19.2 Å². The number of esters is 4. The van der Waals surface area contributed by atoms with Gasteiger partial charge in [0, 0.05) is 34.8 Å². The summed E-state index contributed by atoms with van der Waals surface area (Å²) in [5.41, 5.74) is 0. The lowest BCUT2D eigenvalue weighted by atomic mass is 9.98. The van der Waals surface area contributed by atoms with Gasteiger partial charge in [0.25, 0.3) is 0 Å². The molecule has 10 nitrogen and oxygen atoms in total. The Balaban J connectivity index is 3.18. The Kier molecular flexibility index (Phi) is 7.78. The van der Waals surface area contributed by atoms with Gasteiger partial charge >= 0.3 is 23.9 Å². The molecule has 0 N–H and O–H groups in total. The fourth-order valence-corrected chi connectivity index (χ4v) is 2.38. The summed E-state index contributed by atoms with van der Waals surface area (Å²) in [4.78, 5) is 45.4. The van der Waals surface area contributed by atoms with Gasteiger partial charge in [-0.1, -0.05) is 0 Å². The number of carbonyl (C=O) groups excluding carboxylic acids is 4. The summed E-state index contributed by atoms with van der Waals surface area (Å²) in [7, 11) is 1.29. The first kappa shape index (κ1) is 20.8. The minimum Gasteiger partial charge on any atom is -0.463 e. The van der Waals surface area contributed by atoms with Gasteiger partial charge in [-0.05, 0) is 0 Å². The van der Waals surface area contributed by atoms with E-state index in [1.165, 1.54) is 14.0 Å². The number of rotatable bonds is 6. The van der Waals surface area contributed by atoms with Crippen LogP contribution in [0.25, 0.3) is 0 Å². The van der Waals surface area contributed by atoms with Crippen molar-refractivity contribution in [2.24, 2.45) is 0 Å². The quantitative estimate of drug-likeness (QED) is 0.460. The second-order valence-electron chi connectivity index (χ2n) is 5.30. The zero-order valence-electron chi connectivity index (χ0n) is 14.7. The fraction of sp³-hybridized carbons (Fsp3) is 0.733. The molecule has 1 fully saturated rings. The van der Waals surface area contributed by atoms with Crippen molar-refractivity contribution >= 4 is 23.9 Å². The van der Waals surface area contributed by atoms with Crippen LogP contribution in [0.15, 0.2) is 0 Å². The maximum atomic E-state index is 11.5. The highest BCUT2D eigenvalue weighted by Gasteiger charge is 2.52. The zero-order chi connectivity index (χ0) is 19.1. The third-order valence-corrected chi connectivity index (χ3v) is 3.18. The monoisotopic (exact) mass is 362 g/mol. The molecule has 1 rings (SSSR count). The number of hydrogen-bond acceptors (Lipinski definition) is 10. The van der Waals surface area contributed by atoms with E-state index in [-0.39, 0.29) is 6.61 Å². The third-order valence-electron chi connectivity index (χ3n) is 3.18. The molecule has 0 unspecified atom stereocenters. The predicted octanol–water partition coefficient (Wildman–Crippen LogP) is -0.284. The molecule has 0 amide bonds. The van der Waals surface area contributed by atoms with Crippen LogP contribution in [0.4, 0.5) is 0 Å². The molecule has 25 heavy (non-hydrogen) atoms. The topological polar surface area (TPSA) is 124 Å². The Labute approximate surface area is 144 Å². The van der Waals surface area contributed by atoms with Crippen LogP contribution in [0.3, 0.4) is 0 Å². The van der Waals surface area contributed by atoms with Crippen molar-refractivity contribution in [1.82, 2.24) is 0 Å². The molecule has 0 aromatic heterocycles. The second kappa shape index (κ2) is 9.33. The first-order valence-corrected chi connectivity index (χ1v) is 7.49. The van der Waals surface area contributed by atoms with Crippen molar-refractivity contribution < 1.29 is 47.6 Å². The van der Waals surface area contributed by atoms with Crippen LogP contribution >= 0.6 is 0 Å². The molecule has 1 aliphatic heterocycles. The Morgan fingerprint density at radius 1 is 0.760 bits per heavy atom. The summed E-state index contributed by atoms with van der Waals surface area (Å²) in [6, 6.07) is 0. The molecule has 0 bridgehead atoms. The van der Waals surface area contributed by atoms with Gasteiger partial charge in [0.2, 0.25) is 0 Å². The molecular formula is C15H22O10. The number of hydrogen-bond donors (Lipinski definition) is 0.